The highest BCUT2D eigenvalue weighted by Crippen LogP contribution is 2.44. The number of alkyl carbamates (subject to hydrolysis) is 1. The van der Waals surface area contributed by atoms with Crippen LogP contribution in [0.2, 0.25) is 0 Å². The molecular weight excluding hydrogens is 444 g/mol. The van der Waals surface area contributed by atoms with Gasteiger partial charge in [0.25, 0.3) is 0 Å². The van der Waals surface area contributed by atoms with Gasteiger partial charge >= 0.3 is 12.1 Å². The minimum Gasteiger partial charge on any atom is -0.481 e. The highest BCUT2D eigenvalue weighted by Gasteiger charge is 2.45. The lowest BCUT2D eigenvalue weighted by Gasteiger charge is -2.41. The van der Waals surface area contributed by atoms with Crippen molar-refractivity contribution < 1.29 is 24.2 Å². The van der Waals surface area contributed by atoms with E-state index in [-0.39, 0.29) is 31.4 Å². The molecule has 2 amide bonds. The van der Waals surface area contributed by atoms with Gasteiger partial charge in [-0.2, -0.15) is 0 Å². The largest absolute Gasteiger partial charge is 0.481 e. The molecule has 0 radical (unpaired) electrons. The smallest absolute Gasteiger partial charge is 0.407 e. The van der Waals surface area contributed by atoms with Gasteiger partial charge in [0.15, 0.2) is 0 Å². The van der Waals surface area contributed by atoms with Crippen molar-refractivity contribution in [3.8, 4) is 11.1 Å². The van der Waals surface area contributed by atoms with Crippen LogP contribution in [0.1, 0.15) is 65.0 Å². The number of carboxylic acid groups (broad SMARTS) is 1. The summed E-state index contributed by atoms with van der Waals surface area (Å²) in [7, 11) is 0. The summed E-state index contributed by atoms with van der Waals surface area (Å²) in [5.74, 6) is -1.25. The number of amides is 2. The van der Waals surface area contributed by atoms with Crippen LogP contribution in [0, 0.1) is 10.8 Å². The van der Waals surface area contributed by atoms with E-state index in [1.54, 1.807) is 41.5 Å². The minimum atomic E-state index is -0.988. The van der Waals surface area contributed by atoms with Gasteiger partial charge in [-0.25, -0.2) is 4.79 Å². The van der Waals surface area contributed by atoms with Crippen molar-refractivity contribution in [2.24, 2.45) is 10.8 Å². The molecule has 3 rings (SSSR count). The Morgan fingerprint density at radius 3 is 1.91 bits per heavy atom. The van der Waals surface area contributed by atoms with Crippen LogP contribution >= 0.6 is 0 Å². The van der Waals surface area contributed by atoms with Gasteiger partial charge in [-0.15, -0.1) is 0 Å². The van der Waals surface area contributed by atoms with Crippen LogP contribution in [0.4, 0.5) is 4.79 Å². The first-order chi connectivity index (χ1) is 16.2. The number of fused-ring (bicyclic) bond motifs is 3. The highest BCUT2D eigenvalue weighted by molar-refractivity contribution is 5.84. The van der Waals surface area contributed by atoms with Crippen molar-refractivity contribution in [2.75, 3.05) is 13.2 Å². The number of ether oxygens (including phenoxy) is 1. The third-order valence-electron chi connectivity index (χ3n) is 7.25. The van der Waals surface area contributed by atoms with Crippen molar-refractivity contribution in [3.63, 3.8) is 0 Å². The molecule has 0 saturated carbocycles. The van der Waals surface area contributed by atoms with Crippen LogP contribution in [-0.4, -0.2) is 41.8 Å². The summed E-state index contributed by atoms with van der Waals surface area (Å²) in [5.41, 5.74) is 2.05. The van der Waals surface area contributed by atoms with Gasteiger partial charge in [0.05, 0.1) is 17.4 Å². The maximum absolute atomic E-state index is 13.0. The van der Waals surface area contributed by atoms with Crippen molar-refractivity contribution in [1.82, 2.24) is 10.6 Å². The van der Waals surface area contributed by atoms with Crippen molar-refractivity contribution in [1.29, 1.82) is 0 Å². The van der Waals surface area contributed by atoms with Crippen molar-refractivity contribution in [3.05, 3.63) is 59.7 Å². The Kier molecular flexibility index (Phi) is 7.29. The normalized spacial score (nSPS) is 13.5. The van der Waals surface area contributed by atoms with E-state index in [9.17, 15) is 14.4 Å². The van der Waals surface area contributed by atoms with Gasteiger partial charge in [-0.1, -0.05) is 62.4 Å². The molecule has 2 aromatic carbocycles. The summed E-state index contributed by atoms with van der Waals surface area (Å²) in [6, 6.07) is 16.3. The molecule has 0 unspecified atom stereocenters. The lowest BCUT2D eigenvalue weighted by molar-refractivity contribution is -0.140. The number of carbonyl (C=O) groups is 3. The molecule has 0 atom stereocenters. The summed E-state index contributed by atoms with van der Waals surface area (Å²) >= 11 is 0. The van der Waals surface area contributed by atoms with Crippen LogP contribution in [-0.2, 0) is 14.3 Å². The third-order valence-corrected chi connectivity index (χ3v) is 7.25. The fraction of sp³-hybridized carbons (Fsp3) is 0.464. The second-order valence-electron chi connectivity index (χ2n) is 11.1. The maximum Gasteiger partial charge on any atom is 0.407 e. The molecule has 7 heteroatoms. The minimum absolute atomic E-state index is 0.0518. The fourth-order valence-corrected chi connectivity index (χ4v) is 4.34. The van der Waals surface area contributed by atoms with Crippen LogP contribution in [0.25, 0.3) is 11.1 Å². The Labute approximate surface area is 207 Å². The molecule has 3 N–H and O–H groups in total. The fourth-order valence-electron chi connectivity index (χ4n) is 4.34. The Hall–Kier alpha value is -3.35. The lowest BCUT2D eigenvalue weighted by Crippen LogP contribution is -2.60. The van der Waals surface area contributed by atoms with Crippen molar-refractivity contribution in [2.45, 2.75) is 59.4 Å². The molecule has 0 fully saturated rings. The van der Waals surface area contributed by atoms with Crippen LogP contribution in [0.5, 0.6) is 0 Å². The SMILES string of the molecule is CC(C)(CNC(=O)C(C)(C)C(C)(C)NC(=O)OCC1c2ccccc2-c2ccccc21)CC(=O)O. The summed E-state index contributed by atoms with van der Waals surface area (Å²) in [6.07, 6.45) is -0.654. The number of hydrogen-bond acceptors (Lipinski definition) is 4. The Balaban J connectivity index is 1.63. The average Bonchev–Trinajstić information content (AvgIpc) is 3.08. The van der Waals surface area contributed by atoms with E-state index >= 15 is 0 Å². The lowest BCUT2D eigenvalue weighted by atomic mass is 9.73. The van der Waals surface area contributed by atoms with Crippen LogP contribution in [0.3, 0.4) is 0 Å². The van der Waals surface area contributed by atoms with E-state index < -0.39 is 28.4 Å². The first-order valence-electron chi connectivity index (χ1n) is 11.9. The predicted molar refractivity (Wildman–Crippen MR) is 135 cm³/mol. The second-order valence-corrected chi connectivity index (χ2v) is 11.1. The second kappa shape index (κ2) is 9.72. The van der Waals surface area contributed by atoms with Gasteiger partial charge < -0.3 is 20.5 Å². The first-order valence-corrected chi connectivity index (χ1v) is 11.9. The van der Waals surface area contributed by atoms with Gasteiger partial charge in [0.2, 0.25) is 5.91 Å². The van der Waals surface area contributed by atoms with Gasteiger partial charge in [0, 0.05) is 12.5 Å². The zero-order valence-electron chi connectivity index (χ0n) is 21.4. The molecule has 0 aliphatic heterocycles. The van der Waals surface area contributed by atoms with Crippen molar-refractivity contribution >= 4 is 18.0 Å². The van der Waals surface area contributed by atoms with Crippen LogP contribution < -0.4 is 10.6 Å². The zero-order valence-corrected chi connectivity index (χ0v) is 21.4. The van der Waals surface area contributed by atoms with E-state index in [2.05, 4.69) is 34.9 Å². The molecule has 2 aromatic rings. The van der Waals surface area contributed by atoms with Crippen LogP contribution in [0.15, 0.2) is 48.5 Å². The van der Waals surface area contributed by atoms with E-state index in [4.69, 9.17) is 9.84 Å². The molecule has 0 heterocycles. The Morgan fingerprint density at radius 1 is 0.886 bits per heavy atom. The third kappa shape index (κ3) is 5.66. The van der Waals surface area contributed by atoms with Gasteiger partial charge in [0.1, 0.15) is 6.61 Å². The molecule has 1 aliphatic rings. The quantitative estimate of drug-likeness (QED) is 0.471. The zero-order chi connectivity index (χ0) is 26.0. The molecule has 0 aromatic heterocycles. The average molecular weight is 481 g/mol. The van der Waals surface area contributed by atoms with E-state index in [0.29, 0.717) is 0 Å². The summed E-state index contributed by atoms with van der Waals surface area (Å²) < 4.78 is 5.66. The number of benzene rings is 2. The number of hydrogen-bond donors (Lipinski definition) is 3. The number of carboxylic acids is 1. The summed E-state index contributed by atoms with van der Waals surface area (Å²) in [6.45, 7) is 11.0. The number of rotatable bonds is 9. The molecule has 0 bridgehead atoms. The Bertz CT molecular complexity index is 1070. The molecule has 1 aliphatic carbocycles. The van der Waals surface area contributed by atoms with E-state index in [1.165, 1.54) is 0 Å². The first kappa shape index (κ1) is 26.3. The number of aliphatic carboxylic acids is 1. The topological polar surface area (TPSA) is 105 Å². The molecule has 188 valence electrons. The van der Waals surface area contributed by atoms with Gasteiger partial charge in [-0.3, -0.25) is 9.59 Å². The molecular formula is C28H36N2O5. The molecule has 0 saturated heterocycles. The van der Waals surface area contributed by atoms with E-state index in [1.807, 2.05) is 24.3 Å². The Morgan fingerprint density at radius 2 is 1.40 bits per heavy atom. The number of carbonyl (C=O) groups excluding carboxylic acids is 2. The summed E-state index contributed by atoms with van der Waals surface area (Å²) in [4.78, 5) is 36.9. The number of nitrogens with one attached hydrogen (secondary N) is 2. The molecule has 35 heavy (non-hydrogen) atoms. The van der Waals surface area contributed by atoms with E-state index in [0.717, 1.165) is 22.3 Å². The van der Waals surface area contributed by atoms with Gasteiger partial charge in [-0.05, 0) is 55.4 Å². The predicted octanol–water partition coefficient (Wildman–Crippen LogP) is 4.95. The maximum atomic E-state index is 13.0. The highest BCUT2D eigenvalue weighted by atomic mass is 16.5. The molecule has 7 nitrogen and oxygen atoms in total. The standard InChI is InChI=1S/C28H36N2O5/c1-26(2,15-23(31)32)17-29-24(33)27(3,4)28(5,6)30-25(34)35-16-22-20-13-9-7-11-18(20)19-12-8-10-14-21(19)22/h7-14,22H,15-17H2,1-6H3,(H,29,33)(H,30,34)(H,31,32). The monoisotopic (exact) mass is 480 g/mol. The molecule has 0 spiro atoms. The summed E-state index contributed by atoms with van der Waals surface area (Å²) in [5, 5.41) is 14.8.